The Hall–Kier alpha value is -1.85. The molecule has 21 heavy (non-hydrogen) atoms. The van der Waals surface area contributed by atoms with Crippen LogP contribution in [0.25, 0.3) is 0 Å². The first-order valence-electron chi connectivity index (χ1n) is 6.49. The molecule has 2 aromatic rings. The smallest absolute Gasteiger partial charge is 0.272 e. The Morgan fingerprint density at radius 1 is 1.10 bits per heavy atom. The molecule has 108 valence electrons. The van der Waals surface area contributed by atoms with Crippen LogP contribution in [0.1, 0.15) is 23.3 Å². The van der Waals surface area contributed by atoms with Gasteiger partial charge in [-0.2, -0.15) is 0 Å². The molecule has 1 aromatic heterocycles. The fourth-order valence-corrected chi connectivity index (χ4v) is 2.24. The van der Waals surface area contributed by atoms with Gasteiger partial charge in [-0.25, -0.2) is 0 Å². The zero-order valence-corrected chi connectivity index (χ0v) is 12.4. The summed E-state index contributed by atoms with van der Waals surface area (Å²) in [6.07, 6.45) is 2.06. The second kappa shape index (κ2) is 5.87. The van der Waals surface area contributed by atoms with E-state index < -0.39 is 0 Å². The van der Waals surface area contributed by atoms with Crippen molar-refractivity contribution < 1.29 is 4.79 Å². The lowest BCUT2D eigenvalue weighted by molar-refractivity contribution is 0.0945. The van der Waals surface area contributed by atoms with Crippen molar-refractivity contribution in [2.45, 2.75) is 18.9 Å². The third-order valence-corrected chi connectivity index (χ3v) is 3.66. The number of hydrogen-bond acceptors (Lipinski definition) is 4. The molecular weight excluding hydrogens is 311 g/mol. The average molecular weight is 323 g/mol. The highest BCUT2D eigenvalue weighted by atomic mass is 35.5. The number of carbonyl (C=O) groups is 1. The summed E-state index contributed by atoms with van der Waals surface area (Å²) in [5.74, 6) is 0.264. The van der Waals surface area contributed by atoms with Crippen molar-refractivity contribution in [2.75, 3.05) is 5.32 Å². The van der Waals surface area contributed by atoms with Crippen molar-refractivity contribution in [2.24, 2.45) is 0 Å². The molecule has 0 bridgehead atoms. The SMILES string of the molecule is O=C(NC1CC1)c1ccc(Nc2c(Cl)cccc2Cl)nn1. The van der Waals surface area contributed by atoms with E-state index in [1.54, 1.807) is 30.3 Å². The van der Waals surface area contributed by atoms with Gasteiger partial charge in [0, 0.05) is 6.04 Å². The van der Waals surface area contributed by atoms with Crippen molar-refractivity contribution >= 4 is 40.6 Å². The Kier molecular flexibility index (Phi) is 3.94. The fraction of sp³-hybridized carbons (Fsp3) is 0.214. The van der Waals surface area contributed by atoms with E-state index in [0.717, 1.165) is 12.8 Å². The Morgan fingerprint density at radius 3 is 2.38 bits per heavy atom. The normalized spacial score (nSPS) is 13.8. The summed E-state index contributed by atoms with van der Waals surface area (Å²) in [4.78, 5) is 11.8. The minimum atomic E-state index is -0.202. The van der Waals surface area contributed by atoms with Crippen LogP contribution in [0.15, 0.2) is 30.3 Å². The molecule has 0 unspecified atom stereocenters. The maximum Gasteiger partial charge on any atom is 0.272 e. The van der Waals surface area contributed by atoms with E-state index in [0.29, 0.717) is 27.6 Å². The lowest BCUT2D eigenvalue weighted by Gasteiger charge is -2.09. The average Bonchev–Trinajstić information content (AvgIpc) is 3.28. The number of amides is 1. The third kappa shape index (κ3) is 3.43. The molecule has 7 heteroatoms. The number of nitrogens with zero attached hydrogens (tertiary/aromatic N) is 2. The lowest BCUT2D eigenvalue weighted by Crippen LogP contribution is -2.26. The van der Waals surface area contributed by atoms with E-state index in [9.17, 15) is 4.79 Å². The molecule has 1 aliphatic carbocycles. The molecule has 1 fully saturated rings. The summed E-state index contributed by atoms with van der Waals surface area (Å²) < 4.78 is 0. The molecule has 1 heterocycles. The van der Waals surface area contributed by atoms with Crippen LogP contribution < -0.4 is 10.6 Å². The van der Waals surface area contributed by atoms with E-state index in [-0.39, 0.29) is 11.6 Å². The van der Waals surface area contributed by atoms with Crippen molar-refractivity contribution in [3.05, 3.63) is 46.1 Å². The first-order chi connectivity index (χ1) is 10.1. The lowest BCUT2D eigenvalue weighted by atomic mass is 10.3. The number of carbonyl (C=O) groups excluding carboxylic acids is 1. The van der Waals surface area contributed by atoms with Crippen LogP contribution in [0.2, 0.25) is 10.0 Å². The maximum atomic E-state index is 11.8. The third-order valence-electron chi connectivity index (χ3n) is 3.03. The summed E-state index contributed by atoms with van der Waals surface area (Å²) >= 11 is 12.1. The van der Waals surface area contributed by atoms with Crippen LogP contribution in [-0.2, 0) is 0 Å². The van der Waals surface area contributed by atoms with Gasteiger partial charge in [0.15, 0.2) is 11.5 Å². The van der Waals surface area contributed by atoms with E-state index in [4.69, 9.17) is 23.2 Å². The Balaban J connectivity index is 1.73. The van der Waals surface area contributed by atoms with Gasteiger partial charge in [0.05, 0.1) is 15.7 Å². The molecule has 0 aliphatic heterocycles. The molecule has 0 atom stereocenters. The number of anilines is 2. The van der Waals surface area contributed by atoms with Crippen LogP contribution in [0, 0.1) is 0 Å². The summed E-state index contributed by atoms with van der Waals surface area (Å²) in [5, 5.41) is 14.7. The van der Waals surface area contributed by atoms with E-state index >= 15 is 0 Å². The van der Waals surface area contributed by atoms with Crippen molar-refractivity contribution in [3.63, 3.8) is 0 Å². The molecule has 1 aliphatic rings. The maximum absolute atomic E-state index is 11.8. The van der Waals surface area contributed by atoms with Gasteiger partial charge in [-0.3, -0.25) is 4.79 Å². The van der Waals surface area contributed by atoms with Gasteiger partial charge in [-0.05, 0) is 37.1 Å². The van der Waals surface area contributed by atoms with Gasteiger partial charge in [0.25, 0.3) is 5.91 Å². The van der Waals surface area contributed by atoms with Gasteiger partial charge >= 0.3 is 0 Å². The number of halogens is 2. The number of benzene rings is 1. The van der Waals surface area contributed by atoms with Crippen molar-refractivity contribution in [1.82, 2.24) is 15.5 Å². The minimum Gasteiger partial charge on any atom is -0.348 e. The highest BCUT2D eigenvalue weighted by Crippen LogP contribution is 2.31. The van der Waals surface area contributed by atoms with Gasteiger partial charge in [0.2, 0.25) is 0 Å². The first-order valence-corrected chi connectivity index (χ1v) is 7.25. The van der Waals surface area contributed by atoms with E-state index in [1.165, 1.54) is 0 Å². The van der Waals surface area contributed by atoms with Crippen LogP contribution in [-0.4, -0.2) is 22.1 Å². The molecule has 0 radical (unpaired) electrons. The summed E-state index contributed by atoms with van der Waals surface area (Å²) in [6, 6.07) is 8.76. The Morgan fingerprint density at radius 2 is 1.81 bits per heavy atom. The molecule has 0 saturated heterocycles. The van der Waals surface area contributed by atoms with Crippen molar-refractivity contribution in [1.29, 1.82) is 0 Å². The highest BCUT2D eigenvalue weighted by Gasteiger charge is 2.24. The Labute approximate surface area is 131 Å². The minimum absolute atomic E-state index is 0.202. The molecular formula is C14H12Cl2N4O. The van der Waals surface area contributed by atoms with Crippen molar-refractivity contribution in [3.8, 4) is 0 Å². The predicted octanol–water partition coefficient (Wildman–Crippen LogP) is 3.42. The summed E-state index contributed by atoms with van der Waals surface area (Å²) in [5.41, 5.74) is 0.850. The van der Waals surface area contributed by atoms with E-state index in [1.807, 2.05) is 0 Å². The highest BCUT2D eigenvalue weighted by molar-refractivity contribution is 6.39. The standard InChI is InChI=1S/C14H12Cl2N4O/c15-9-2-1-3-10(16)13(9)18-12-7-6-11(19-20-12)14(21)17-8-4-5-8/h1-3,6-8H,4-5H2,(H,17,21)(H,18,20). The van der Waals surface area contributed by atoms with Gasteiger partial charge < -0.3 is 10.6 Å². The number of rotatable bonds is 4. The molecule has 2 N–H and O–H groups in total. The topological polar surface area (TPSA) is 66.9 Å². The number of hydrogen-bond donors (Lipinski definition) is 2. The fourth-order valence-electron chi connectivity index (χ4n) is 1.75. The molecule has 1 amide bonds. The van der Waals surface area contributed by atoms with Gasteiger partial charge in [-0.15, -0.1) is 10.2 Å². The largest absolute Gasteiger partial charge is 0.348 e. The van der Waals surface area contributed by atoms with Gasteiger partial charge in [-0.1, -0.05) is 29.3 Å². The van der Waals surface area contributed by atoms with Gasteiger partial charge in [0.1, 0.15) is 0 Å². The Bertz CT molecular complexity index is 651. The zero-order valence-electron chi connectivity index (χ0n) is 10.9. The van der Waals surface area contributed by atoms with Crippen LogP contribution in [0.5, 0.6) is 0 Å². The summed E-state index contributed by atoms with van der Waals surface area (Å²) in [7, 11) is 0. The number of para-hydroxylation sites is 1. The van der Waals surface area contributed by atoms with Crippen LogP contribution in [0.4, 0.5) is 11.5 Å². The summed E-state index contributed by atoms with van der Waals surface area (Å²) in [6.45, 7) is 0. The van der Waals surface area contributed by atoms with Crippen LogP contribution >= 0.6 is 23.2 Å². The number of nitrogens with one attached hydrogen (secondary N) is 2. The second-order valence-electron chi connectivity index (χ2n) is 4.77. The molecule has 1 saturated carbocycles. The number of aromatic nitrogens is 2. The van der Waals surface area contributed by atoms with E-state index in [2.05, 4.69) is 20.8 Å². The zero-order chi connectivity index (χ0) is 14.8. The quantitative estimate of drug-likeness (QED) is 0.905. The molecule has 0 spiro atoms. The first kappa shape index (κ1) is 14.1. The second-order valence-corrected chi connectivity index (χ2v) is 5.59. The molecule has 3 rings (SSSR count). The molecule has 5 nitrogen and oxygen atoms in total. The predicted molar refractivity (Wildman–Crippen MR) is 82.3 cm³/mol. The van der Waals surface area contributed by atoms with Crippen LogP contribution in [0.3, 0.4) is 0 Å². The molecule has 1 aromatic carbocycles. The monoisotopic (exact) mass is 322 g/mol.